The topological polar surface area (TPSA) is 26.0 Å². The van der Waals surface area contributed by atoms with Gasteiger partial charge in [0.25, 0.3) is 0 Å². The molecular formula is C8H16BN. The average molecular weight is 137 g/mol. The molecule has 0 heterocycles. The summed E-state index contributed by atoms with van der Waals surface area (Å²) in [5.41, 5.74) is 8.74. The summed E-state index contributed by atoms with van der Waals surface area (Å²) in [7, 11) is 2.01. The lowest BCUT2D eigenvalue weighted by atomic mass is 9.82. The summed E-state index contributed by atoms with van der Waals surface area (Å²) < 4.78 is 0. The zero-order chi connectivity index (χ0) is 8.31. The lowest BCUT2D eigenvalue weighted by molar-refractivity contribution is 0.788. The van der Waals surface area contributed by atoms with Gasteiger partial charge in [0.05, 0.1) is 0 Å². The van der Waals surface area contributed by atoms with Crippen LogP contribution in [0.1, 0.15) is 20.8 Å². The third-order valence-corrected chi connectivity index (χ3v) is 1.77. The second kappa shape index (κ2) is 3.50. The van der Waals surface area contributed by atoms with E-state index in [-0.39, 0.29) is 0 Å². The molecule has 0 rings (SSSR count). The lowest BCUT2D eigenvalue weighted by Crippen LogP contribution is -2.04. The fourth-order valence-corrected chi connectivity index (χ4v) is 0.686. The van der Waals surface area contributed by atoms with E-state index in [1.165, 1.54) is 0 Å². The second-order valence-corrected chi connectivity index (χ2v) is 2.99. The molecule has 0 atom stereocenters. The van der Waals surface area contributed by atoms with Gasteiger partial charge in [-0.05, 0) is 18.5 Å². The van der Waals surface area contributed by atoms with Crippen LogP contribution < -0.4 is 5.73 Å². The molecule has 1 nitrogen and oxygen atoms in total. The molecule has 0 amide bonds. The van der Waals surface area contributed by atoms with Gasteiger partial charge >= 0.3 is 0 Å². The molecule has 0 aromatic rings. The van der Waals surface area contributed by atoms with Crippen molar-refractivity contribution in [3.8, 4) is 0 Å². The van der Waals surface area contributed by atoms with E-state index >= 15 is 0 Å². The Morgan fingerprint density at radius 2 is 1.90 bits per heavy atom. The smallest absolute Gasteiger partial charge is 0.141 e. The van der Waals surface area contributed by atoms with E-state index in [1.807, 2.05) is 14.8 Å². The van der Waals surface area contributed by atoms with E-state index in [0.29, 0.717) is 5.92 Å². The van der Waals surface area contributed by atoms with Gasteiger partial charge in [0, 0.05) is 0 Å². The minimum absolute atomic E-state index is 0.499. The van der Waals surface area contributed by atoms with E-state index < -0.39 is 0 Å². The van der Waals surface area contributed by atoms with Gasteiger partial charge in [0.2, 0.25) is 0 Å². The molecule has 0 unspecified atom stereocenters. The molecule has 0 aliphatic carbocycles. The molecule has 0 fully saturated rings. The van der Waals surface area contributed by atoms with Crippen LogP contribution in [0.5, 0.6) is 0 Å². The van der Waals surface area contributed by atoms with Gasteiger partial charge in [0.15, 0.2) is 0 Å². The molecule has 0 aromatic carbocycles. The maximum absolute atomic E-state index is 5.59. The first-order valence-corrected chi connectivity index (χ1v) is 3.59. The fraction of sp³-hybridized carbons (Fsp3) is 0.500. The normalized spacial score (nSPS) is 13.2. The Hall–Kier alpha value is -0.655. The number of hydrogen-bond donors (Lipinski definition) is 1. The van der Waals surface area contributed by atoms with Crippen LogP contribution in [0.15, 0.2) is 23.3 Å². The van der Waals surface area contributed by atoms with Crippen molar-refractivity contribution in [2.75, 3.05) is 0 Å². The number of allylic oxidation sites excluding steroid dienone is 3. The van der Waals surface area contributed by atoms with E-state index in [4.69, 9.17) is 5.73 Å². The summed E-state index contributed by atoms with van der Waals surface area (Å²) >= 11 is 0. The van der Waals surface area contributed by atoms with Gasteiger partial charge in [-0.15, -0.1) is 0 Å². The summed E-state index contributed by atoms with van der Waals surface area (Å²) in [6.07, 6.45) is 0. The molecule has 56 valence electrons. The molecule has 0 aliphatic heterocycles. The molecular weight excluding hydrogens is 121 g/mol. The zero-order valence-electron chi connectivity index (χ0n) is 7.36. The first-order chi connectivity index (χ1) is 4.46. The largest absolute Gasteiger partial charge is 0.403 e. The summed E-state index contributed by atoms with van der Waals surface area (Å²) in [6.45, 7) is 10.1. The average Bonchev–Trinajstić information content (AvgIpc) is 1.84. The van der Waals surface area contributed by atoms with Crippen LogP contribution in [0.25, 0.3) is 0 Å². The molecule has 0 saturated heterocycles. The van der Waals surface area contributed by atoms with E-state index in [0.717, 1.165) is 16.7 Å². The van der Waals surface area contributed by atoms with E-state index in [1.54, 1.807) is 0 Å². The highest BCUT2D eigenvalue weighted by Crippen LogP contribution is 2.15. The van der Waals surface area contributed by atoms with Gasteiger partial charge in [-0.3, -0.25) is 0 Å². The van der Waals surface area contributed by atoms with Crippen molar-refractivity contribution in [1.82, 2.24) is 0 Å². The Morgan fingerprint density at radius 3 is 2.00 bits per heavy atom. The van der Waals surface area contributed by atoms with Crippen LogP contribution in [-0.4, -0.2) is 7.85 Å². The first kappa shape index (κ1) is 9.34. The standard InChI is InChI=1S/C8H16BN/c1-5(2)6(3)8(9)7(4)10/h5H,3,9-10H2,1-2,4H3/b8-7-. The predicted molar refractivity (Wildman–Crippen MR) is 49.4 cm³/mol. The van der Waals surface area contributed by atoms with Crippen LogP contribution >= 0.6 is 0 Å². The second-order valence-electron chi connectivity index (χ2n) is 2.99. The predicted octanol–water partition coefficient (Wildman–Crippen LogP) is 1.02. The molecule has 10 heavy (non-hydrogen) atoms. The van der Waals surface area contributed by atoms with E-state index in [9.17, 15) is 0 Å². The first-order valence-electron chi connectivity index (χ1n) is 3.59. The van der Waals surface area contributed by atoms with Gasteiger partial charge in [-0.2, -0.15) is 0 Å². The minimum Gasteiger partial charge on any atom is -0.403 e. The molecule has 0 aromatic heterocycles. The number of rotatable bonds is 2. The summed E-state index contributed by atoms with van der Waals surface area (Å²) in [5, 5.41) is 0. The Kier molecular flexibility index (Phi) is 3.27. The van der Waals surface area contributed by atoms with Gasteiger partial charge in [-0.25, -0.2) is 0 Å². The van der Waals surface area contributed by atoms with Gasteiger partial charge in [-0.1, -0.05) is 31.5 Å². The van der Waals surface area contributed by atoms with Crippen LogP contribution in [0.2, 0.25) is 0 Å². The molecule has 2 N–H and O–H groups in total. The van der Waals surface area contributed by atoms with Crippen LogP contribution in [-0.2, 0) is 0 Å². The maximum Gasteiger partial charge on any atom is 0.141 e. The zero-order valence-corrected chi connectivity index (χ0v) is 7.36. The fourth-order valence-electron chi connectivity index (χ4n) is 0.686. The third-order valence-electron chi connectivity index (χ3n) is 1.77. The molecule has 0 aliphatic rings. The highest BCUT2D eigenvalue weighted by atomic mass is 14.5. The summed E-state index contributed by atoms with van der Waals surface area (Å²) in [6, 6.07) is 0. The third kappa shape index (κ3) is 2.30. The van der Waals surface area contributed by atoms with Crippen molar-refractivity contribution >= 4 is 7.85 Å². The van der Waals surface area contributed by atoms with Crippen molar-refractivity contribution in [2.45, 2.75) is 20.8 Å². The van der Waals surface area contributed by atoms with Crippen molar-refractivity contribution in [1.29, 1.82) is 0 Å². The van der Waals surface area contributed by atoms with Crippen LogP contribution in [0.4, 0.5) is 0 Å². The monoisotopic (exact) mass is 137 g/mol. The van der Waals surface area contributed by atoms with Gasteiger partial charge in [0.1, 0.15) is 7.85 Å². The van der Waals surface area contributed by atoms with E-state index in [2.05, 4.69) is 20.4 Å². The van der Waals surface area contributed by atoms with Crippen LogP contribution in [0.3, 0.4) is 0 Å². The molecule has 0 radical (unpaired) electrons. The summed E-state index contributed by atoms with van der Waals surface area (Å²) in [5.74, 6) is 0.499. The molecule has 0 spiro atoms. The summed E-state index contributed by atoms with van der Waals surface area (Å²) in [4.78, 5) is 0. The van der Waals surface area contributed by atoms with Crippen molar-refractivity contribution < 1.29 is 0 Å². The number of nitrogens with two attached hydrogens (primary N) is 1. The van der Waals surface area contributed by atoms with Crippen molar-refractivity contribution in [2.24, 2.45) is 11.7 Å². The highest BCUT2D eigenvalue weighted by Gasteiger charge is 2.02. The van der Waals surface area contributed by atoms with Gasteiger partial charge < -0.3 is 5.73 Å². The molecule has 0 bridgehead atoms. The van der Waals surface area contributed by atoms with Crippen molar-refractivity contribution in [3.05, 3.63) is 23.3 Å². The lowest BCUT2D eigenvalue weighted by Gasteiger charge is -2.11. The maximum atomic E-state index is 5.59. The number of hydrogen-bond acceptors (Lipinski definition) is 1. The Labute approximate surface area is 64.4 Å². The molecule has 0 saturated carbocycles. The highest BCUT2D eigenvalue weighted by molar-refractivity contribution is 6.24. The quantitative estimate of drug-likeness (QED) is 0.446. The SMILES string of the molecule is B/C(C(=C)C(C)C)=C(/C)N. The van der Waals surface area contributed by atoms with Crippen LogP contribution in [0, 0.1) is 5.92 Å². The molecule has 2 heteroatoms. The Balaban J connectivity index is 4.38. The van der Waals surface area contributed by atoms with Crippen molar-refractivity contribution in [3.63, 3.8) is 0 Å². The Morgan fingerprint density at radius 1 is 1.50 bits per heavy atom. The Bertz CT molecular complexity index is 164. The minimum atomic E-state index is 0.499.